The average molecular weight is 346 g/mol. The SMILES string of the molecule is CCNC(Cc1cccc(Br)c1)C1Cc2ccccc2O1. The molecule has 0 radical (unpaired) electrons. The van der Waals surface area contributed by atoms with Gasteiger partial charge in [-0.15, -0.1) is 0 Å². The van der Waals surface area contributed by atoms with Gasteiger partial charge in [-0.05, 0) is 42.3 Å². The third-order valence-corrected chi connectivity index (χ3v) is 4.43. The van der Waals surface area contributed by atoms with Gasteiger partial charge in [-0.1, -0.05) is 53.2 Å². The van der Waals surface area contributed by atoms with Crippen molar-refractivity contribution in [1.29, 1.82) is 0 Å². The molecule has 0 aromatic heterocycles. The van der Waals surface area contributed by atoms with Crippen LogP contribution >= 0.6 is 15.9 Å². The third kappa shape index (κ3) is 3.47. The van der Waals surface area contributed by atoms with Gasteiger partial charge in [-0.3, -0.25) is 0 Å². The molecule has 1 heterocycles. The van der Waals surface area contributed by atoms with Gasteiger partial charge in [0.15, 0.2) is 0 Å². The van der Waals surface area contributed by atoms with Crippen LogP contribution in [0.15, 0.2) is 53.0 Å². The van der Waals surface area contributed by atoms with Crippen molar-refractivity contribution in [3.05, 3.63) is 64.1 Å². The van der Waals surface area contributed by atoms with E-state index in [0.29, 0.717) is 6.04 Å². The first kappa shape index (κ1) is 14.6. The maximum atomic E-state index is 6.15. The molecule has 0 bridgehead atoms. The molecule has 2 unspecified atom stereocenters. The number of likely N-dealkylation sites (N-methyl/N-ethyl adjacent to an activating group) is 1. The maximum absolute atomic E-state index is 6.15. The van der Waals surface area contributed by atoms with Crippen LogP contribution in [0.1, 0.15) is 18.1 Å². The molecule has 21 heavy (non-hydrogen) atoms. The van der Waals surface area contributed by atoms with E-state index in [0.717, 1.165) is 29.6 Å². The van der Waals surface area contributed by atoms with E-state index in [1.807, 2.05) is 6.07 Å². The Morgan fingerprint density at radius 1 is 1.24 bits per heavy atom. The Balaban J connectivity index is 1.74. The fraction of sp³-hybridized carbons (Fsp3) is 0.333. The molecule has 2 nitrogen and oxygen atoms in total. The van der Waals surface area contributed by atoms with Crippen LogP contribution in [0, 0.1) is 0 Å². The predicted molar refractivity (Wildman–Crippen MR) is 89.9 cm³/mol. The van der Waals surface area contributed by atoms with Crippen LogP contribution in [0.25, 0.3) is 0 Å². The van der Waals surface area contributed by atoms with Gasteiger partial charge in [-0.2, -0.15) is 0 Å². The smallest absolute Gasteiger partial charge is 0.123 e. The number of fused-ring (bicyclic) bond motifs is 1. The number of hydrogen-bond donors (Lipinski definition) is 1. The normalized spacial score (nSPS) is 18.1. The summed E-state index contributed by atoms with van der Waals surface area (Å²) < 4.78 is 7.28. The highest BCUT2D eigenvalue weighted by Gasteiger charge is 2.29. The van der Waals surface area contributed by atoms with E-state index in [2.05, 4.69) is 70.6 Å². The molecule has 0 aliphatic carbocycles. The van der Waals surface area contributed by atoms with Crippen LogP contribution < -0.4 is 10.1 Å². The van der Waals surface area contributed by atoms with Crippen LogP contribution in [0.5, 0.6) is 5.75 Å². The van der Waals surface area contributed by atoms with E-state index in [4.69, 9.17) is 4.74 Å². The molecule has 110 valence electrons. The topological polar surface area (TPSA) is 21.3 Å². The van der Waals surface area contributed by atoms with Crippen molar-refractivity contribution in [2.75, 3.05) is 6.54 Å². The minimum atomic E-state index is 0.210. The van der Waals surface area contributed by atoms with Crippen molar-refractivity contribution in [3.63, 3.8) is 0 Å². The molecule has 1 aliphatic heterocycles. The second kappa shape index (κ2) is 6.63. The minimum absolute atomic E-state index is 0.210. The van der Waals surface area contributed by atoms with Crippen LogP contribution in [0.2, 0.25) is 0 Å². The summed E-state index contributed by atoms with van der Waals surface area (Å²) >= 11 is 3.55. The molecular formula is C18H20BrNO. The third-order valence-electron chi connectivity index (χ3n) is 3.93. The molecular weight excluding hydrogens is 326 g/mol. The van der Waals surface area contributed by atoms with Crippen molar-refractivity contribution in [1.82, 2.24) is 5.32 Å². The van der Waals surface area contributed by atoms with Gasteiger partial charge < -0.3 is 10.1 Å². The van der Waals surface area contributed by atoms with E-state index in [1.165, 1.54) is 11.1 Å². The summed E-state index contributed by atoms with van der Waals surface area (Å²) in [7, 11) is 0. The summed E-state index contributed by atoms with van der Waals surface area (Å²) in [4.78, 5) is 0. The monoisotopic (exact) mass is 345 g/mol. The number of hydrogen-bond acceptors (Lipinski definition) is 2. The highest BCUT2D eigenvalue weighted by molar-refractivity contribution is 9.10. The highest BCUT2D eigenvalue weighted by Crippen LogP contribution is 2.30. The van der Waals surface area contributed by atoms with Gasteiger partial charge in [0.1, 0.15) is 11.9 Å². The summed E-state index contributed by atoms with van der Waals surface area (Å²) in [6.07, 6.45) is 2.18. The summed E-state index contributed by atoms with van der Waals surface area (Å²) in [6.45, 7) is 3.10. The Bertz CT molecular complexity index is 589. The molecule has 0 saturated carbocycles. The van der Waals surface area contributed by atoms with Crippen molar-refractivity contribution >= 4 is 15.9 Å². The molecule has 0 amide bonds. The molecule has 0 saturated heterocycles. The van der Waals surface area contributed by atoms with Crippen LogP contribution in [0.3, 0.4) is 0 Å². The van der Waals surface area contributed by atoms with Crippen molar-refractivity contribution in [2.45, 2.75) is 31.9 Å². The Hall–Kier alpha value is -1.32. The Kier molecular flexibility index (Phi) is 4.61. The quantitative estimate of drug-likeness (QED) is 0.885. The van der Waals surface area contributed by atoms with Gasteiger partial charge in [0.2, 0.25) is 0 Å². The van der Waals surface area contributed by atoms with Crippen LogP contribution in [-0.4, -0.2) is 18.7 Å². The number of para-hydroxylation sites is 1. The molecule has 0 fully saturated rings. The first-order valence-electron chi connectivity index (χ1n) is 7.48. The fourth-order valence-electron chi connectivity index (χ4n) is 2.95. The molecule has 1 N–H and O–H groups in total. The predicted octanol–water partition coefficient (Wildman–Crippen LogP) is 3.97. The van der Waals surface area contributed by atoms with E-state index >= 15 is 0 Å². The van der Waals surface area contributed by atoms with Gasteiger partial charge in [-0.25, -0.2) is 0 Å². The largest absolute Gasteiger partial charge is 0.488 e. The molecule has 3 rings (SSSR count). The summed E-state index contributed by atoms with van der Waals surface area (Å²) in [6, 6.07) is 17.2. The van der Waals surface area contributed by atoms with Gasteiger partial charge in [0.05, 0.1) is 0 Å². The molecule has 0 spiro atoms. The zero-order valence-corrected chi connectivity index (χ0v) is 13.8. The zero-order chi connectivity index (χ0) is 14.7. The van der Waals surface area contributed by atoms with Crippen LogP contribution in [0.4, 0.5) is 0 Å². The van der Waals surface area contributed by atoms with Crippen molar-refractivity contribution in [2.24, 2.45) is 0 Å². The van der Waals surface area contributed by atoms with E-state index in [9.17, 15) is 0 Å². The lowest BCUT2D eigenvalue weighted by molar-refractivity contribution is 0.178. The average Bonchev–Trinajstić information content (AvgIpc) is 2.91. The minimum Gasteiger partial charge on any atom is -0.488 e. The first-order chi connectivity index (χ1) is 10.3. The zero-order valence-electron chi connectivity index (χ0n) is 12.2. The first-order valence-corrected chi connectivity index (χ1v) is 8.28. The van der Waals surface area contributed by atoms with Gasteiger partial charge in [0.25, 0.3) is 0 Å². The molecule has 3 heteroatoms. The second-order valence-electron chi connectivity index (χ2n) is 5.47. The second-order valence-corrected chi connectivity index (χ2v) is 6.38. The Labute approximate surface area is 134 Å². The lowest BCUT2D eigenvalue weighted by Gasteiger charge is -2.24. The van der Waals surface area contributed by atoms with E-state index in [1.54, 1.807) is 0 Å². The summed E-state index contributed by atoms with van der Waals surface area (Å²) in [5.74, 6) is 1.04. The van der Waals surface area contributed by atoms with E-state index < -0.39 is 0 Å². The number of nitrogens with one attached hydrogen (secondary N) is 1. The van der Waals surface area contributed by atoms with Crippen LogP contribution in [-0.2, 0) is 12.8 Å². The van der Waals surface area contributed by atoms with Gasteiger partial charge >= 0.3 is 0 Å². The highest BCUT2D eigenvalue weighted by atomic mass is 79.9. The Morgan fingerprint density at radius 3 is 2.86 bits per heavy atom. The number of benzene rings is 2. The molecule has 2 aromatic rings. The van der Waals surface area contributed by atoms with Crippen molar-refractivity contribution in [3.8, 4) is 5.75 Å². The Morgan fingerprint density at radius 2 is 2.10 bits per heavy atom. The fourth-order valence-corrected chi connectivity index (χ4v) is 3.40. The lowest BCUT2D eigenvalue weighted by Crippen LogP contribution is -2.44. The number of rotatable bonds is 5. The van der Waals surface area contributed by atoms with Crippen molar-refractivity contribution < 1.29 is 4.74 Å². The van der Waals surface area contributed by atoms with Gasteiger partial charge in [0, 0.05) is 16.9 Å². The standard InChI is InChI=1S/C18H20BrNO/c1-2-20-16(11-13-6-5-8-15(19)10-13)18-12-14-7-3-4-9-17(14)21-18/h3-10,16,18,20H,2,11-12H2,1H3. The molecule has 2 atom stereocenters. The summed E-state index contributed by atoms with van der Waals surface area (Å²) in [5.41, 5.74) is 2.65. The molecule has 2 aromatic carbocycles. The number of halogens is 1. The lowest BCUT2D eigenvalue weighted by atomic mass is 9.98. The maximum Gasteiger partial charge on any atom is 0.123 e. The summed E-state index contributed by atoms with van der Waals surface area (Å²) in [5, 5.41) is 3.59. The molecule has 1 aliphatic rings. The van der Waals surface area contributed by atoms with E-state index in [-0.39, 0.29) is 6.10 Å². The number of ether oxygens (including phenoxy) is 1.